The largest absolute Gasteiger partial charge is 0.481 e. The molecule has 6 rings (SSSR count). The number of carbonyl (C=O) groups is 2. The van der Waals surface area contributed by atoms with Gasteiger partial charge >= 0.3 is 5.97 Å². The quantitative estimate of drug-likeness (QED) is 0.396. The first-order valence-corrected chi connectivity index (χ1v) is 15.1. The molecule has 2 aliphatic heterocycles. The first kappa shape index (κ1) is 28.7. The minimum absolute atomic E-state index is 0. The van der Waals surface area contributed by atoms with Crippen LogP contribution in [-0.2, 0) is 11.2 Å². The number of aromatic nitrogens is 3. The number of para-hydroxylation sites is 2. The maximum atomic E-state index is 13.9. The monoisotopic (exact) mass is 585 g/mol. The van der Waals surface area contributed by atoms with Gasteiger partial charge in [0.1, 0.15) is 0 Å². The van der Waals surface area contributed by atoms with Crippen LogP contribution in [0.1, 0.15) is 92.9 Å². The number of hydrogen-bond acceptors (Lipinski definition) is 7. The predicted molar refractivity (Wildman–Crippen MR) is 158 cm³/mol. The molecule has 2 atom stereocenters. The molecule has 2 aromatic heterocycles. The lowest BCUT2D eigenvalue weighted by Gasteiger charge is -2.45. The summed E-state index contributed by atoms with van der Waals surface area (Å²) in [6, 6.07) is 9.15. The molecular weight excluding hydrogens is 550 g/mol. The highest BCUT2D eigenvalue weighted by Crippen LogP contribution is 2.44. The van der Waals surface area contributed by atoms with Gasteiger partial charge in [-0.1, -0.05) is 44.2 Å². The fourth-order valence-corrected chi connectivity index (χ4v) is 7.85. The summed E-state index contributed by atoms with van der Waals surface area (Å²) in [5.74, 6) is -1.61. The lowest BCUT2D eigenvalue weighted by molar-refractivity contribution is -0.136. The predicted octanol–water partition coefficient (Wildman–Crippen LogP) is 5.44. The average Bonchev–Trinajstić information content (AvgIpc) is 3.43. The first-order valence-electron chi connectivity index (χ1n) is 14.2. The van der Waals surface area contributed by atoms with Crippen molar-refractivity contribution in [3.8, 4) is 0 Å². The smallest absolute Gasteiger partial charge is 0.309 e. The second kappa shape index (κ2) is 12.4. The molecule has 2 N–H and O–H groups in total. The number of nitrogens with one attached hydrogen (secondary N) is 1. The molecule has 3 aliphatic rings. The van der Waals surface area contributed by atoms with Crippen molar-refractivity contribution in [3.05, 3.63) is 51.4 Å². The highest BCUT2D eigenvalue weighted by atomic mass is 35.5. The molecule has 3 fully saturated rings. The van der Waals surface area contributed by atoms with Gasteiger partial charge in [-0.3, -0.25) is 24.6 Å². The lowest BCUT2D eigenvalue weighted by atomic mass is 9.89. The number of rotatable bonds is 6. The van der Waals surface area contributed by atoms with E-state index in [-0.39, 0.29) is 41.3 Å². The van der Waals surface area contributed by atoms with Crippen molar-refractivity contribution in [2.24, 2.45) is 0 Å². The lowest BCUT2D eigenvalue weighted by Crippen LogP contribution is -2.50. The van der Waals surface area contributed by atoms with Gasteiger partial charge in [0, 0.05) is 29.5 Å². The molecule has 9 nitrogen and oxygen atoms in total. The molecule has 4 heterocycles. The van der Waals surface area contributed by atoms with E-state index in [9.17, 15) is 14.4 Å². The third kappa shape index (κ3) is 5.80. The van der Waals surface area contributed by atoms with Crippen LogP contribution in [0, 0.1) is 0 Å². The maximum absolute atomic E-state index is 13.9. The van der Waals surface area contributed by atoms with Gasteiger partial charge < -0.3 is 9.67 Å². The minimum Gasteiger partial charge on any atom is -0.481 e. The van der Waals surface area contributed by atoms with Crippen LogP contribution in [0.4, 0.5) is 5.13 Å². The third-order valence-corrected chi connectivity index (χ3v) is 9.55. The molecule has 214 valence electrons. The van der Waals surface area contributed by atoms with Gasteiger partial charge in [-0.25, -0.2) is 9.97 Å². The van der Waals surface area contributed by atoms with Crippen LogP contribution in [-0.4, -0.2) is 54.5 Å². The Morgan fingerprint density at radius 2 is 1.60 bits per heavy atom. The molecule has 40 heavy (non-hydrogen) atoms. The summed E-state index contributed by atoms with van der Waals surface area (Å²) in [4.78, 5) is 49.6. The Kier molecular flexibility index (Phi) is 8.87. The number of halogens is 1. The Labute approximate surface area is 243 Å². The van der Waals surface area contributed by atoms with Crippen LogP contribution in [0.5, 0.6) is 0 Å². The Morgan fingerprint density at radius 3 is 2.30 bits per heavy atom. The van der Waals surface area contributed by atoms with E-state index in [2.05, 4.69) is 20.2 Å². The number of thiazole rings is 1. The summed E-state index contributed by atoms with van der Waals surface area (Å²) in [6.45, 7) is 0. The molecule has 1 aliphatic carbocycles. The summed E-state index contributed by atoms with van der Waals surface area (Å²) in [5.41, 5.74) is 1.21. The van der Waals surface area contributed by atoms with Crippen LogP contribution in [0.15, 0.2) is 34.4 Å². The molecule has 1 aromatic carbocycles. The van der Waals surface area contributed by atoms with E-state index in [0.717, 1.165) is 29.7 Å². The second-order valence-electron chi connectivity index (χ2n) is 11.2. The Hall–Kier alpha value is -2.82. The standard InChI is InChI=1S/C29H35N5O4S.ClH/c35-25(36)14-18-17-39-29(30-18)32-27(37)26-28(38)34(24-11-7-6-10-23(24)31-26)22-15-20-12-13-21(16-22)33(20)19-8-4-2-1-3-5-9-19;/h6-7,10-11,17,19-22H,1-5,8-9,12-16H2,(H,35,36)(H,30,32,37);1H. The molecular formula is C29H36ClN5O4S. The van der Waals surface area contributed by atoms with Crippen molar-refractivity contribution in [1.29, 1.82) is 0 Å². The highest BCUT2D eigenvalue weighted by molar-refractivity contribution is 7.14. The van der Waals surface area contributed by atoms with E-state index >= 15 is 0 Å². The molecule has 2 saturated heterocycles. The molecule has 0 radical (unpaired) electrons. The van der Waals surface area contributed by atoms with Crippen LogP contribution in [0.3, 0.4) is 0 Å². The van der Waals surface area contributed by atoms with Gasteiger partial charge in [0.25, 0.3) is 11.5 Å². The Bertz CT molecular complexity index is 1420. The maximum Gasteiger partial charge on any atom is 0.309 e. The van der Waals surface area contributed by atoms with Gasteiger partial charge in [0.15, 0.2) is 10.8 Å². The normalized spacial score (nSPS) is 23.8. The van der Waals surface area contributed by atoms with Gasteiger partial charge in [-0.15, -0.1) is 23.7 Å². The number of piperidine rings is 1. The van der Waals surface area contributed by atoms with Crippen molar-refractivity contribution in [2.45, 2.75) is 101 Å². The van der Waals surface area contributed by atoms with Crippen LogP contribution < -0.4 is 10.9 Å². The number of anilines is 1. The summed E-state index contributed by atoms with van der Waals surface area (Å²) >= 11 is 1.13. The average molecular weight is 586 g/mol. The number of aliphatic carboxylic acids is 1. The summed E-state index contributed by atoms with van der Waals surface area (Å²) < 4.78 is 1.83. The summed E-state index contributed by atoms with van der Waals surface area (Å²) in [5, 5.41) is 13.5. The zero-order chi connectivity index (χ0) is 26.9. The van der Waals surface area contributed by atoms with E-state index < -0.39 is 11.9 Å². The number of hydrogen-bond donors (Lipinski definition) is 2. The number of benzene rings is 1. The van der Waals surface area contributed by atoms with Crippen molar-refractivity contribution in [3.63, 3.8) is 0 Å². The highest BCUT2D eigenvalue weighted by Gasteiger charge is 2.44. The van der Waals surface area contributed by atoms with Crippen LogP contribution in [0.2, 0.25) is 0 Å². The molecule has 1 amide bonds. The Morgan fingerprint density at radius 1 is 0.925 bits per heavy atom. The number of nitrogens with zero attached hydrogens (tertiary/aromatic N) is 4. The van der Waals surface area contributed by atoms with Crippen molar-refractivity contribution < 1.29 is 14.7 Å². The van der Waals surface area contributed by atoms with E-state index in [1.165, 1.54) is 57.8 Å². The fourth-order valence-electron chi connectivity index (χ4n) is 7.15. The number of amides is 1. The third-order valence-electron chi connectivity index (χ3n) is 8.74. The zero-order valence-corrected chi connectivity index (χ0v) is 24.1. The zero-order valence-electron chi connectivity index (χ0n) is 22.5. The van der Waals surface area contributed by atoms with Gasteiger partial charge in [-0.05, 0) is 50.7 Å². The number of carboxylic acids is 1. The molecule has 2 unspecified atom stereocenters. The first-order chi connectivity index (χ1) is 19.0. The summed E-state index contributed by atoms with van der Waals surface area (Å²) in [6.07, 6.45) is 13.2. The Balaban J connectivity index is 0.00000323. The molecule has 11 heteroatoms. The topological polar surface area (TPSA) is 117 Å². The molecule has 0 spiro atoms. The molecule has 2 bridgehead atoms. The number of carboxylic acid groups (broad SMARTS) is 1. The van der Waals surface area contributed by atoms with Gasteiger partial charge in [-0.2, -0.15) is 0 Å². The van der Waals surface area contributed by atoms with Crippen molar-refractivity contribution >= 4 is 51.8 Å². The van der Waals surface area contributed by atoms with Crippen LogP contribution in [0.25, 0.3) is 11.0 Å². The van der Waals surface area contributed by atoms with Crippen molar-refractivity contribution in [2.75, 3.05) is 5.32 Å². The van der Waals surface area contributed by atoms with Gasteiger partial charge in [0.2, 0.25) is 0 Å². The van der Waals surface area contributed by atoms with Gasteiger partial charge in [0.05, 0.1) is 23.1 Å². The summed E-state index contributed by atoms with van der Waals surface area (Å²) in [7, 11) is 0. The van der Waals surface area contributed by atoms with E-state index in [4.69, 9.17) is 5.11 Å². The molecule has 3 aromatic rings. The van der Waals surface area contributed by atoms with E-state index in [1.54, 1.807) is 5.38 Å². The minimum atomic E-state index is -0.994. The number of carbonyl (C=O) groups excluding carboxylic acids is 1. The van der Waals surface area contributed by atoms with E-state index in [1.807, 2.05) is 28.8 Å². The van der Waals surface area contributed by atoms with E-state index in [0.29, 0.717) is 29.3 Å². The molecule has 1 saturated carbocycles. The van der Waals surface area contributed by atoms with Crippen molar-refractivity contribution in [1.82, 2.24) is 19.4 Å². The fraction of sp³-hybridized carbons (Fsp3) is 0.552. The SMILES string of the molecule is Cl.O=C(O)Cc1csc(NC(=O)c2nc3ccccc3n(C3CC4CCC(C3)N4C3CCCCCCC3)c2=O)n1. The van der Waals surface area contributed by atoms with Crippen LogP contribution >= 0.6 is 23.7 Å². The second-order valence-corrected chi connectivity index (χ2v) is 12.1. The number of fused-ring (bicyclic) bond motifs is 3.